The molecule has 0 radical (unpaired) electrons. The molecule has 8 nitrogen and oxygen atoms in total. The molecule has 2 rings (SSSR count). The third kappa shape index (κ3) is 3.10. The summed E-state index contributed by atoms with van der Waals surface area (Å²) in [5.41, 5.74) is 1.12. The Balaban J connectivity index is 2.24. The lowest BCUT2D eigenvalue weighted by Crippen LogP contribution is -2.14. The van der Waals surface area contributed by atoms with E-state index in [9.17, 15) is 9.59 Å². The van der Waals surface area contributed by atoms with Gasteiger partial charge in [-0.1, -0.05) is 0 Å². The maximum absolute atomic E-state index is 11.9. The highest BCUT2D eigenvalue weighted by molar-refractivity contribution is 6.04. The number of nitrogens with zero attached hydrogens (tertiary/aromatic N) is 2. The van der Waals surface area contributed by atoms with Gasteiger partial charge in [-0.25, -0.2) is 0 Å². The van der Waals surface area contributed by atoms with E-state index in [1.54, 1.807) is 18.2 Å². The Kier molecular flexibility index (Phi) is 3.94. The monoisotopic (exact) mass is 275 g/mol. The van der Waals surface area contributed by atoms with Crippen molar-refractivity contribution in [2.75, 3.05) is 17.7 Å². The van der Waals surface area contributed by atoms with E-state index in [4.69, 9.17) is 4.74 Å². The van der Waals surface area contributed by atoms with E-state index in [2.05, 4.69) is 26.0 Å². The van der Waals surface area contributed by atoms with Crippen LogP contribution in [0, 0.1) is 0 Å². The number of hydrogen-bond acceptors (Lipinski definition) is 5. The van der Waals surface area contributed by atoms with Gasteiger partial charge in [0.1, 0.15) is 5.75 Å². The molecule has 104 valence electrons. The molecule has 0 bridgehead atoms. The molecule has 0 aliphatic rings. The lowest BCUT2D eigenvalue weighted by atomic mass is 10.2. The van der Waals surface area contributed by atoms with Crippen LogP contribution in [0.3, 0.4) is 0 Å². The number of ether oxygens (including phenoxy) is 1. The molecule has 0 atom stereocenters. The number of amides is 2. The van der Waals surface area contributed by atoms with Gasteiger partial charge >= 0.3 is 0 Å². The van der Waals surface area contributed by atoms with Gasteiger partial charge in [0.05, 0.1) is 19.0 Å². The van der Waals surface area contributed by atoms with E-state index < -0.39 is 5.91 Å². The van der Waals surface area contributed by atoms with Crippen LogP contribution in [-0.4, -0.2) is 34.3 Å². The predicted molar refractivity (Wildman–Crippen MR) is 71.6 cm³/mol. The first-order chi connectivity index (χ1) is 9.60. The van der Waals surface area contributed by atoms with Gasteiger partial charge in [0.15, 0.2) is 5.69 Å². The minimum Gasteiger partial charge on any atom is -0.495 e. The SMILES string of the molecule is COc1ccc(NC(C)=O)cc1NC(=O)c1cn[nH]n1. The van der Waals surface area contributed by atoms with Crippen LogP contribution in [0.4, 0.5) is 11.4 Å². The summed E-state index contributed by atoms with van der Waals surface area (Å²) >= 11 is 0. The van der Waals surface area contributed by atoms with Gasteiger partial charge in [0, 0.05) is 12.6 Å². The lowest BCUT2D eigenvalue weighted by Gasteiger charge is -2.11. The van der Waals surface area contributed by atoms with Crippen molar-refractivity contribution in [1.29, 1.82) is 0 Å². The summed E-state index contributed by atoms with van der Waals surface area (Å²) in [6, 6.07) is 4.91. The summed E-state index contributed by atoms with van der Waals surface area (Å²) in [4.78, 5) is 22.9. The van der Waals surface area contributed by atoms with Crippen LogP contribution >= 0.6 is 0 Å². The van der Waals surface area contributed by atoms with Crippen molar-refractivity contribution in [3.8, 4) is 5.75 Å². The largest absolute Gasteiger partial charge is 0.495 e. The maximum atomic E-state index is 11.9. The number of carbonyl (C=O) groups is 2. The zero-order chi connectivity index (χ0) is 14.5. The van der Waals surface area contributed by atoms with Crippen LogP contribution in [0.1, 0.15) is 17.4 Å². The van der Waals surface area contributed by atoms with Crippen molar-refractivity contribution < 1.29 is 14.3 Å². The second-order valence-electron chi connectivity index (χ2n) is 3.91. The number of aromatic amines is 1. The molecule has 0 fully saturated rings. The van der Waals surface area contributed by atoms with E-state index in [0.29, 0.717) is 17.1 Å². The maximum Gasteiger partial charge on any atom is 0.277 e. The summed E-state index contributed by atoms with van der Waals surface area (Å²) < 4.78 is 5.15. The number of hydrogen-bond donors (Lipinski definition) is 3. The fourth-order valence-electron chi connectivity index (χ4n) is 1.58. The zero-order valence-electron chi connectivity index (χ0n) is 10.9. The molecule has 3 N–H and O–H groups in total. The minimum absolute atomic E-state index is 0.150. The summed E-state index contributed by atoms with van der Waals surface area (Å²) in [5, 5.41) is 14.9. The van der Waals surface area contributed by atoms with Crippen molar-refractivity contribution in [3.63, 3.8) is 0 Å². The first-order valence-electron chi connectivity index (χ1n) is 5.73. The van der Waals surface area contributed by atoms with Gasteiger partial charge in [-0.3, -0.25) is 9.59 Å². The Labute approximate surface area is 114 Å². The topological polar surface area (TPSA) is 109 Å². The standard InChI is InChI=1S/C12H13N5O3/c1-7(18)14-8-3-4-11(20-2)9(5-8)15-12(19)10-6-13-17-16-10/h3-6H,1-2H3,(H,14,18)(H,15,19)(H,13,16,17). The minimum atomic E-state index is -0.433. The Morgan fingerprint density at radius 3 is 2.70 bits per heavy atom. The van der Waals surface area contributed by atoms with Crippen LogP contribution in [-0.2, 0) is 4.79 Å². The molecule has 1 heterocycles. The van der Waals surface area contributed by atoms with Gasteiger partial charge in [-0.05, 0) is 18.2 Å². The van der Waals surface area contributed by atoms with Gasteiger partial charge in [0.25, 0.3) is 5.91 Å². The number of anilines is 2. The van der Waals surface area contributed by atoms with Gasteiger partial charge in [-0.15, -0.1) is 0 Å². The van der Waals surface area contributed by atoms with Gasteiger partial charge in [-0.2, -0.15) is 15.4 Å². The molecular formula is C12H13N5O3. The molecule has 1 aromatic heterocycles. The highest BCUT2D eigenvalue weighted by Crippen LogP contribution is 2.28. The van der Waals surface area contributed by atoms with E-state index in [1.165, 1.54) is 20.2 Å². The smallest absolute Gasteiger partial charge is 0.277 e. The second kappa shape index (κ2) is 5.83. The van der Waals surface area contributed by atoms with Crippen LogP contribution in [0.25, 0.3) is 0 Å². The van der Waals surface area contributed by atoms with E-state index in [-0.39, 0.29) is 11.6 Å². The number of nitrogens with one attached hydrogen (secondary N) is 3. The molecule has 0 spiro atoms. The fourth-order valence-corrected chi connectivity index (χ4v) is 1.58. The molecule has 2 amide bonds. The summed E-state index contributed by atoms with van der Waals surface area (Å²) in [7, 11) is 1.49. The second-order valence-corrected chi connectivity index (χ2v) is 3.91. The average molecular weight is 275 g/mol. The Hall–Kier alpha value is -2.90. The van der Waals surface area contributed by atoms with E-state index in [1.807, 2.05) is 0 Å². The summed E-state index contributed by atoms with van der Waals surface area (Å²) in [5.74, 6) is -0.170. The fraction of sp³-hybridized carbons (Fsp3) is 0.167. The number of carbonyl (C=O) groups excluding carboxylic acids is 2. The van der Waals surface area contributed by atoms with Crippen LogP contribution in [0.2, 0.25) is 0 Å². The van der Waals surface area contributed by atoms with Crippen LogP contribution in [0.15, 0.2) is 24.4 Å². The third-order valence-electron chi connectivity index (χ3n) is 2.42. The van der Waals surface area contributed by atoms with Crippen molar-refractivity contribution in [1.82, 2.24) is 15.4 Å². The number of benzene rings is 1. The average Bonchev–Trinajstić information content (AvgIpc) is 2.92. The number of methoxy groups -OCH3 is 1. The molecular weight excluding hydrogens is 262 g/mol. The molecule has 0 aliphatic carbocycles. The first kappa shape index (κ1) is 13.5. The van der Waals surface area contributed by atoms with Crippen molar-refractivity contribution in [3.05, 3.63) is 30.1 Å². The molecule has 8 heteroatoms. The molecule has 0 unspecified atom stereocenters. The van der Waals surface area contributed by atoms with Crippen molar-refractivity contribution in [2.45, 2.75) is 6.92 Å². The molecule has 1 aromatic carbocycles. The Morgan fingerprint density at radius 1 is 1.30 bits per heavy atom. The first-order valence-corrected chi connectivity index (χ1v) is 5.73. The highest BCUT2D eigenvalue weighted by Gasteiger charge is 2.12. The zero-order valence-corrected chi connectivity index (χ0v) is 10.9. The van der Waals surface area contributed by atoms with Crippen LogP contribution < -0.4 is 15.4 Å². The van der Waals surface area contributed by atoms with E-state index >= 15 is 0 Å². The predicted octanol–water partition coefficient (Wildman–Crippen LogP) is 1.02. The third-order valence-corrected chi connectivity index (χ3v) is 2.42. The quantitative estimate of drug-likeness (QED) is 0.772. The van der Waals surface area contributed by atoms with Gasteiger partial charge < -0.3 is 15.4 Å². The molecule has 0 saturated heterocycles. The molecule has 20 heavy (non-hydrogen) atoms. The van der Waals surface area contributed by atoms with Crippen molar-refractivity contribution >= 4 is 23.2 Å². The lowest BCUT2D eigenvalue weighted by molar-refractivity contribution is -0.114. The number of H-pyrrole nitrogens is 1. The normalized spacial score (nSPS) is 9.90. The highest BCUT2D eigenvalue weighted by atomic mass is 16.5. The van der Waals surface area contributed by atoms with Gasteiger partial charge in [0.2, 0.25) is 5.91 Å². The summed E-state index contributed by atoms with van der Waals surface area (Å²) in [6.45, 7) is 1.40. The molecule has 2 aromatic rings. The van der Waals surface area contributed by atoms with Crippen LogP contribution in [0.5, 0.6) is 5.75 Å². The Morgan fingerprint density at radius 2 is 2.10 bits per heavy atom. The van der Waals surface area contributed by atoms with E-state index in [0.717, 1.165) is 0 Å². The number of aromatic nitrogens is 3. The number of rotatable bonds is 4. The molecule has 0 aliphatic heterocycles. The summed E-state index contributed by atoms with van der Waals surface area (Å²) in [6.07, 6.45) is 1.31. The molecule has 0 saturated carbocycles. The Bertz CT molecular complexity index is 624. The van der Waals surface area contributed by atoms with Crippen molar-refractivity contribution in [2.24, 2.45) is 0 Å².